The number of carbonyl (C=O) groups is 1. The SMILES string of the molecule is CC[N+]1=C(C)C(C)(C)c2cc(CC(=O)NCC3OC(OC)C(O)C(O)C3O)ccc21.[I-]. The van der Waals surface area contributed by atoms with Gasteiger partial charge in [-0.25, -0.2) is 0 Å². The number of benzene rings is 1. The van der Waals surface area contributed by atoms with E-state index in [1.807, 2.05) is 6.07 Å². The molecular formula is C22H33IN2O6. The van der Waals surface area contributed by atoms with E-state index in [2.05, 4.69) is 49.7 Å². The van der Waals surface area contributed by atoms with Crippen LogP contribution in [0, 0.1) is 0 Å². The van der Waals surface area contributed by atoms with Gasteiger partial charge in [0.05, 0.1) is 11.8 Å². The highest BCUT2D eigenvalue weighted by molar-refractivity contribution is 5.93. The number of nitrogens with zero attached hydrogens (tertiary/aromatic N) is 1. The fraction of sp³-hybridized carbons (Fsp3) is 0.636. The van der Waals surface area contributed by atoms with Crippen molar-refractivity contribution in [3.8, 4) is 0 Å². The van der Waals surface area contributed by atoms with E-state index in [1.54, 1.807) is 0 Å². The quantitative estimate of drug-likeness (QED) is 0.226. The summed E-state index contributed by atoms with van der Waals surface area (Å²) < 4.78 is 12.7. The Morgan fingerprint density at radius 2 is 1.90 bits per heavy atom. The number of nitrogens with one attached hydrogen (secondary N) is 1. The second-order valence-corrected chi connectivity index (χ2v) is 8.54. The molecule has 1 aromatic rings. The first kappa shape index (κ1) is 26.1. The molecule has 0 radical (unpaired) electrons. The summed E-state index contributed by atoms with van der Waals surface area (Å²) in [6.07, 6.45) is -5.85. The van der Waals surface area contributed by atoms with Crippen LogP contribution in [-0.2, 0) is 26.1 Å². The van der Waals surface area contributed by atoms with Crippen LogP contribution in [0.4, 0.5) is 5.69 Å². The molecule has 0 saturated carbocycles. The van der Waals surface area contributed by atoms with Gasteiger partial charge >= 0.3 is 0 Å². The molecular weight excluding hydrogens is 515 g/mol. The fourth-order valence-electron chi connectivity index (χ4n) is 4.29. The number of halogens is 1. The number of methoxy groups -OCH3 is 1. The van der Waals surface area contributed by atoms with Crippen molar-refractivity contribution >= 4 is 17.3 Å². The lowest BCUT2D eigenvalue weighted by Crippen LogP contribution is -3.00. The Balaban J connectivity index is 0.00000341. The van der Waals surface area contributed by atoms with Gasteiger partial charge in [0.1, 0.15) is 31.0 Å². The average Bonchev–Trinajstić information content (AvgIpc) is 2.91. The molecule has 174 valence electrons. The normalized spacial score (nSPS) is 29.4. The van der Waals surface area contributed by atoms with Crippen molar-refractivity contribution in [3.63, 3.8) is 0 Å². The summed E-state index contributed by atoms with van der Waals surface area (Å²) in [5, 5.41) is 32.6. The Labute approximate surface area is 200 Å². The zero-order chi connectivity index (χ0) is 22.2. The van der Waals surface area contributed by atoms with Crippen LogP contribution in [0.1, 0.15) is 38.8 Å². The highest BCUT2D eigenvalue weighted by atomic mass is 127. The average molecular weight is 548 g/mol. The number of amides is 1. The minimum Gasteiger partial charge on any atom is -1.00 e. The topological polar surface area (TPSA) is 111 Å². The van der Waals surface area contributed by atoms with E-state index >= 15 is 0 Å². The molecule has 1 aromatic carbocycles. The summed E-state index contributed by atoms with van der Waals surface area (Å²) in [6.45, 7) is 9.54. The van der Waals surface area contributed by atoms with Crippen LogP contribution >= 0.6 is 0 Å². The number of rotatable bonds is 6. The Bertz CT molecular complexity index is 841. The zero-order valence-electron chi connectivity index (χ0n) is 18.6. The van der Waals surface area contributed by atoms with Crippen molar-refractivity contribution in [1.29, 1.82) is 0 Å². The fourth-order valence-corrected chi connectivity index (χ4v) is 4.29. The molecule has 0 aliphatic carbocycles. The molecule has 0 aromatic heterocycles. The van der Waals surface area contributed by atoms with E-state index in [4.69, 9.17) is 9.47 Å². The molecule has 9 heteroatoms. The van der Waals surface area contributed by atoms with Crippen LogP contribution in [0.3, 0.4) is 0 Å². The predicted octanol–water partition coefficient (Wildman–Crippen LogP) is -2.78. The molecule has 3 rings (SSSR count). The van der Waals surface area contributed by atoms with Crippen LogP contribution in [0.5, 0.6) is 0 Å². The molecule has 2 aliphatic rings. The van der Waals surface area contributed by atoms with Crippen LogP contribution < -0.4 is 29.3 Å². The van der Waals surface area contributed by atoms with Gasteiger partial charge in [0.2, 0.25) is 11.6 Å². The van der Waals surface area contributed by atoms with E-state index < -0.39 is 30.7 Å². The molecule has 31 heavy (non-hydrogen) atoms. The van der Waals surface area contributed by atoms with Crippen molar-refractivity contribution < 1.29 is 58.1 Å². The molecule has 4 N–H and O–H groups in total. The van der Waals surface area contributed by atoms with Gasteiger partial charge in [-0.15, -0.1) is 0 Å². The lowest BCUT2D eigenvalue weighted by molar-refractivity contribution is -0.434. The molecule has 2 aliphatic heterocycles. The molecule has 1 amide bonds. The Hall–Kier alpha value is -1.11. The minimum atomic E-state index is -1.41. The van der Waals surface area contributed by atoms with Crippen LogP contribution in [0.2, 0.25) is 0 Å². The number of hydrogen-bond acceptors (Lipinski definition) is 6. The van der Waals surface area contributed by atoms with Gasteiger partial charge < -0.3 is 54.1 Å². The van der Waals surface area contributed by atoms with Crippen LogP contribution in [-0.4, -0.2) is 82.4 Å². The highest BCUT2D eigenvalue weighted by Crippen LogP contribution is 2.39. The maximum Gasteiger partial charge on any atom is 0.224 e. The van der Waals surface area contributed by atoms with E-state index in [0.717, 1.165) is 12.1 Å². The lowest BCUT2D eigenvalue weighted by atomic mass is 9.81. The molecule has 1 saturated heterocycles. The van der Waals surface area contributed by atoms with Crippen molar-refractivity contribution in [1.82, 2.24) is 5.32 Å². The number of aliphatic hydroxyl groups is 3. The van der Waals surface area contributed by atoms with Crippen molar-refractivity contribution in [2.24, 2.45) is 0 Å². The summed E-state index contributed by atoms with van der Waals surface area (Å²) in [5.41, 5.74) is 4.49. The van der Waals surface area contributed by atoms with Gasteiger partial charge in [-0.05, 0) is 32.4 Å². The zero-order valence-corrected chi connectivity index (χ0v) is 20.8. The maximum atomic E-state index is 12.5. The minimum absolute atomic E-state index is 0. The maximum absolute atomic E-state index is 12.5. The third-order valence-corrected chi connectivity index (χ3v) is 6.42. The first-order chi connectivity index (χ1) is 14.1. The van der Waals surface area contributed by atoms with Crippen LogP contribution in [0.25, 0.3) is 0 Å². The monoisotopic (exact) mass is 548 g/mol. The van der Waals surface area contributed by atoms with Gasteiger partial charge in [-0.1, -0.05) is 6.07 Å². The van der Waals surface area contributed by atoms with Gasteiger partial charge in [-0.3, -0.25) is 4.79 Å². The van der Waals surface area contributed by atoms with Gasteiger partial charge in [0, 0.05) is 32.2 Å². The Morgan fingerprint density at radius 1 is 1.23 bits per heavy atom. The molecule has 5 atom stereocenters. The van der Waals surface area contributed by atoms with Crippen molar-refractivity contribution in [2.75, 3.05) is 20.2 Å². The lowest BCUT2D eigenvalue weighted by Gasteiger charge is -2.39. The smallest absolute Gasteiger partial charge is 0.224 e. The number of fused-ring (bicyclic) bond motifs is 1. The van der Waals surface area contributed by atoms with Gasteiger partial charge in [0.25, 0.3) is 0 Å². The summed E-state index contributed by atoms with van der Waals surface area (Å²) in [5.74, 6) is -0.218. The highest BCUT2D eigenvalue weighted by Gasteiger charge is 2.44. The Morgan fingerprint density at radius 3 is 2.52 bits per heavy atom. The van der Waals surface area contributed by atoms with E-state index in [9.17, 15) is 20.1 Å². The molecule has 0 spiro atoms. The van der Waals surface area contributed by atoms with Gasteiger partial charge in [0.15, 0.2) is 12.0 Å². The molecule has 5 unspecified atom stereocenters. The van der Waals surface area contributed by atoms with Crippen molar-refractivity contribution in [2.45, 2.75) is 70.2 Å². The van der Waals surface area contributed by atoms with Crippen molar-refractivity contribution in [3.05, 3.63) is 29.3 Å². The molecule has 2 heterocycles. The van der Waals surface area contributed by atoms with E-state index in [-0.39, 0.29) is 48.3 Å². The number of ether oxygens (including phenoxy) is 2. The van der Waals surface area contributed by atoms with E-state index in [0.29, 0.717) is 0 Å². The van der Waals surface area contributed by atoms with E-state index in [1.165, 1.54) is 24.1 Å². The number of carbonyl (C=O) groups excluding carboxylic acids is 1. The second kappa shape index (κ2) is 10.2. The molecule has 8 nitrogen and oxygen atoms in total. The predicted molar refractivity (Wildman–Crippen MR) is 111 cm³/mol. The Kier molecular flexibility index (Phi) is 8.62. The third kappa shape index (κ3) is 4.96. The third-order valence-electron chi connectivity index (χ3n) is 6.42. The first-order valence-electron chi connectivity index (χ1n) is 10.4. The number of aliphatic hydroxyl groups excluding tert-OH is 3. The second-order valence-electron chi connectivity index (χ2n) is 8.54. The largest absolute Gasteiger partial charge is 1.00 e. The van der Waals surface area contributed by atoms with Crippen LogP contribution in [0.15, 0.2) is 18.2 Å². The standard InChI is InChI=1S/C22H32N2O6.HI/c1-6-24-12(2)22(3,4)14-9-13(7-8-15(14)24)10-17(25)23-11-16-18(26)19(27)20(28)21(29-5)30-16;/h7-9,16,18-21,26-28H,6,10-11H2,1-5H3;1H. The summed E-state index contributed by atoms with van der Waals surface area (Å²) >= 11 is 0. The number of hydrogen-bond donors (Lipinski definition) is 4. The summed E-state index contributed by atoms with van der Waals surface area (Å²) in [4.78, 5) is 12.5. The molecule has 0 bridgehead atoms. The summed E-state index contributed by atoms with van der Waals surface area (Å²) in [7, 11) is 1.34. The molecule has 1 fully saturated rings. The first-order valence-corrected chi connectivity index (χ1v) is 10.4. The summed E-state index contributed by atoms with van der Waals surface area (Å²) in [6, 6.07) is 6.11. The van der Waals surface area contributed by atoms with Gasteiger partial charge in [-0.2, -0.15) is 4.58 Å².